The maximum absolute atomic E-state index is 13.0. The quantitative estimate of drug-likeness (QED) is 0.422. The van der Waals surface area contributed by atoms with Crippen molar-refractivity contribution in [2.75, 3.05) is 13.7 Å². The van der Waals surface area contributed by atoms with E-state index in [9.17, 15) is 23.2 Å². The predicted molar refractivity (Wildman–Crippen MR) is 88.1 cm³/mol. The molecule has 140 valence electrons. The number of halogens is 2. The smallest absolute Gasteiger partial charge is 0.280 e. The highest BCUT2D eigenvalue weighted by atomic mass is 19.3. The van der Waals surface area contributed by atoms with Gasteiger partial charge >= 0.3 is 0 Å². The number of Topliss-reactive ketones (excluding diaryl/α,β-unsaturated/α-hetero) is 3. The van der Waals surface area contributed by atoms with Gasteiger partial charge in [-0.05, 0) is 44.2 Å². The van der Waals surface area contributed by atoms with E-state index < -0.39 is 23.8 Å². The highest BCUT2D eigenvalue weighted by molar-refractivity contribution is 6.26. The lowest BCUT2D eigenvalue weighted by Gasteiger charge is -2.24. The highest BCUT2D eigenvalue weighted by Crippen LogP contribution is 2.41. The molecule has 2 unspecified atom stereocenters. The van der Waals surface area contributed by atoms with Crippen LogP contribution in [0.2, 0.25) is 0 Å². The van der Waals surface area contributed by atoms with Gasteiger partial charge in [0, 0.05) is 31.1 Å². The summed E-state index contributed by atoms with van der Waals surface area (Å²) in [5, 5.41) is 0. The summed E-state index contributed by atoms with van der Waals surface area (Å²) < 4.78 is 30.9. The van der Waals surface area contributed by atoms with Gasteiger partial charge in [-0.25, -0.2) is 8.78 Å². The zero-order valence-corrected chi connectivity index (χ0v) is 14.5. The topological polar surface area (TPSA) is 73.3 Å². The van der Waals surface area contributed by atoms with Gasteiger partial charge in [-0.2, -0.15) is 0 Å². The molecule has 0 amide bonds. The molecule has 0 aliphatic heterocycles. The van der Waals surface area contributed by atoms with Gasteiger partial charge in [0.05, 0.1) is 5.69 Å². The fourth-order valence-electron chi connectivity index (χ4n) is 3.96. The molecule has 0 spiro atoms. The molecule has 2 atom stereocenters. The van der Waals surface area contributed by atoms with E-state index in [4.69, 9.17) is 4.74 Å². The fourth-order valence-corrected chi connectivity index (χ4v) is 3.96. The average Bonchev–Trinajstić information content (AvgIpc) is 3.07. The zero-order chi connectivity index (χ0) is 18.8. The Labute approximate surface area is 150 Å². The van der Waals surface area contributed by atoms with Crippen molar-refractivity contribution >= 4 is 17.3 Å². The van der Waals surface area contributed by atoms with Gasteiger partial charge < -0.3 is 4.74 Å². The summed E-state index contributed by atoms with van der Waals surface area (Å²) in [6.07, 6.45) is -0.185. The van der Waals surface area contributed by atoms with Crippen LogP contribution >= 0.6 is 0 Å². The average molecular weight is 365 g/mol. The van der Waals surface area contributed by atoms with E-state index >= 15 is 0 Å². The Morgan fingerprint density at radius 2 is 1.88 bits per heavy atom. The van der Waals surface area contributed by atoms with Gasteiger partial charge in [-0.3, -0.25) is 19.4 Å². The van der Waals surface area contributed by atoms with E-state index in [-0.39, 0.29) is 41.1 Å². The lowest BCUT2D eigenvalue weighted by atomic mass is 9.75. The predicted octanol–water partition coefficient (Wildman–Crippen LogP) is 2.97. The first-order chi connectivity index (χ1) is 12.4. The molecule has 0 aromatic carbocycles. The van der Waals surface area contributed by atoms with Gasteiger partial charge in [0.15, 0.2) is 17.3 Å². The second kappa shape index (κ2) is 7.70. The van der Waals surface area contributed by atoms with Crippen LogP contribution in [0, 0.1) is 17.8 Å². The number of methoxy groups -OCH3 is 1. The maximum Gasteiger partial charge on any atom is 0.280 e. The third-order valence-electron chi connectivity index (χ3n) is 5.32. The molecule has 26 heavy (non-hydrogen) atoms. The number of fused-ring (bicyclic) bond motifs is 2. The summed E-state index contributed by atoms with van der Waals surface area (Å²) in [4.78, 5) is 42.0. The van der Waals surface area contributed by atoms with Crippen molar-refractivity contribution in [1.29, 1.82) is 0 Å². The summed E-state index contributed by atoms with van der Waals surface area (Å²) in [5.41, 5.74) is -0.128. The Kier molecular flexibility index (Phi) is 5.55. The van der Waals surface area contributed by atoms with Gasteiger partial charge in [-0.15, -0.1) is 0 Å². The third kappa shape index (κ3) is 3.45. The molecule has 2 saturated carbocycles. The SMILES string of the molecule is COCCCc1nc(C(F)F)ccc1C(=O)C1C(=O)C2CCC(C2)C1=O. The second-order valence-corrected chi connectivity index (χ2v) is 6.94. The molecule has 0 radical (unpaired) electrons. The van der Waals surface area contributed by atoms with E-state index in [0.29, 0.717) is 32.3 Å². The summed E-state index contributed by atoms with van der Waals surface area (Å²) in [6.45, 7) is 0.389. The molecule has 2 bridgehead atoms. The van der Waals surface area contributed by atoms with Crippen molar-refractivity contribution in [2.45, 2.75) is 38.5 Å². The maximum atomic E-state index is 13.0. The molecule has 2 aliphatic carbocycles. The molecule has 1 heterocycles. The number of hydrogen-bond donors (Lipinski definition) is 0. The van der Waals surface area contributed by atoms with Gasteiger partial charge in [0.1, 0.15) is 11.6 Å². The first kappa shape index (κ1) is 18.8. The fraction of sp³-hybridized carbons (Fsp3) is 0.579. The molecule has 5 nitrogen and oxygen atoms in total. The van der Waals surface area contributed by atoms with Crippen LogP contribution in [-0.4, -0.2) is 36.1 Å². The van der Waals surface area contributed by atoms with Crippen LogP contribution in [0.1, 0.15) is 53.9 Å². The molecule has 2 fully saturated rings. The summed E-state index contributed by atoms with van der Waals surface area (Å²) in [5.74, 6) is -3.03. The Hall–Kier alpha value is -2.02. The van der Waals surface area contributed by atoms with Crippen LogP contribution < -0.4 is 0 Å². The van der Waals surface area contributed by atoms with Crippen LogP contribution in [0.3, 0.4) is 0 Å². The Balaban J connectivity index is 1.92. The zero-order valence-electron chi connectivity index (χ0n) is 14.5. The van der Waals surface area contributed by atoms with Crippen LogP contribution in [0.5, 0.6) is 0 Å². The van der Waals surface area contributed by atoms with Crippen molar-refractivity contribution in [3.8, 4) is 0 Å². The van der Waals surface area contributed by atoms with E-state index in [1.165, 1.54) is 13.2 Å². The molecule has 3 rings (SSSR count). The number of aryl methyl sites for hydroxylation is 1. The molecule has 0 saturated heterocycles. The van der Waals surface area contributed by atoms with E-state index in [1.54, 1.807) is 0 Å². The molecule has 1 aromatic heterocycles. The molecular weight excluding hydrogens is 344 g/mol. The monoisotopic (exact) mass is 365 g/mol. The van der Waals surface area contributed by atoms with Gasteiger partial charge in [0.25, 0.3) is 6.43 Å². The largest absolute Gasteiger partial charge is 0.385 e. The number of rotatable bonds is 7. The number of ether oxygens (including phenoxy) is 1. The lowest BCUT2D eigenvalue weighted by Crippen LogP contribution is -2.41. The highest BCUT2D eigenvalue weighted by Gasteiger charge is 2.50. The van der Waals surface area contributed by atoms with Crippen LogP contribution in [-0.2, 0) is 20.7 Å². The first-order valence-corrected chi connectivity index (χ1v) is 8.82. The van der Waals surface area contributed by atoms with E-state index in [2.05, 4.69) is 4.98 Å². The molecule has 2 aliphatic rings. The van der Waals surface area contributed by atoms with Crippen LogP contribution in [0.15, 0.2) is 12.1 Å². The standard InChI is InChI=1S/C19H21F2NO4/c1-26-8-2-3-13-12(6-7-14(22-13)19(20)21)18(25)15-16(23)10-4-5-11(9-10)17(15)24/h6-7,10-11,15,19H,2-5,8-9H2,1H3. The number of hydrogen-bond acceptors (Lipinski definition) is 5. The number of carbonyl (C=O) groups excluding carboxylic acids is 3. The van der Waals surface area contributed by atoms with Gasteiger partial charge in [0.2, 0.25) is 0 Å². The number of aromatic nitrogens is 1. The van der Waals surface area contributed by atoms with Crippen molar-refractivity contribution in [2.24, 2.45) is 17.8 Å². The minimum Gasteiger partial charge on any atom is -0.385 e. The number of nitrogens with zero attached hydrogens (tertiary/aromatic N) is 1. The Morgan fingerprint density at radius 3 is 2.46 bits per heavy atom. The summed E-state index contributed by atoms with van der Waals surface area (Å²) >= 11 is 0. The second-order valence-electron chi connectivity index (χ2n) is 6.94. The Morgan fingerprint density at radius 1 is 1.23 bits per heavy atom. The third-order valence-corrected chi connectivity index (χ3v) is 5.32. The molecular formula is C19H21F2NO4. The molecule has 7 heteroatoms. The molecule has 0 N–H and O–H groups in total. The number of pyridine rings is 1. The van der Waals surface area contributed by atoms with Crippen LogP contribution in [0.25, 0.3) is 0 Å². The number of carbonyl (C=O) groups is 3. The Bertz CT molecular complexity index is 712. The summed E-state index contributed by atoms with van der Waals surface area (Å²) in [6, 6.07) is 2.36. The lowest BCUT2D eigenvalue weighted by molar-refractivity contribution is -0.137. The van der Waals surface area contributed by atoms with Crippen molar-refractivity contribution in [3.05, 3.63) is 29.1 Å². The van der Waals surface area contributed by atoms with Gasteiger partial charge in [-0.1, -0.05) is 0 Å². The van der Waals surface area contributed by atoms with E-state index in [0.717, 1.165) is 6.07 Å². The normalized spacial score (nSPS) is 25.2. The van der Waals surface area contributed by atoms with Crippen LogP contribution in [0.4, 0.5) is 8.78 Å². The summed E-state index contributed by atoms with van der Waals surface area (Å²) in [7, 11) is 1.52. The minimum absolute atomic E-state index is 0.0958. The van der Waals surface area contributed by atoms with Crippen molar-refractivity contribution < 1.29 is 27.9 Å². The first-order valence-electron chi connectivity index (χ1n) is 8.82. The minimum atomic E-state index is -2.76. The number of alkyl halides is 2. The van der Waals surface area contributed by atoms with Crippen molar-refractivity contribution in [3.63, 3.8) is 0 Å². The molecule has 1 aromatic rings. The number of ketones is 3. The van der Waals surface area contributed by atoms with E-state index in [1.807, 2.05) is 0 Å². The van der Waals surface area contributed by atoms with Crippen molar-refractivity contribution in [1.82, 2.24) is 4.98 Å².